The van der Waals surface area contributed by atoms with Crippen LogP contribution in [0.5, 0.6) is 0 Å². The average Bonchev–Trinajstić information content (AvgIpc) is 2.28. The summed E-state index contributed by atoms with van der Waals surface area (Å²) in [5.74, 6) is 0.848. The SMILES string of the molecule is CCC1CCCC(N)(CC2(N)CCCCC2)C1. The van der Waals surface area contributed by atoms with Crippen LogP contribution in [0.25, 0.3) is 0 Å². The van der Waals surface area contributed by atoms with E-state index in [9.17, 15) is 0 Å². The van der Waals surface area contributed by atoms with Crippen LogP contribution in [0.4, 0.5) is 0 Å². The summed E-state index contributed by atoms with van der Waals surface area (Å²) >= 11 is 0. The van der Waals surface area contributed by atoms with E-state index >= 15 is 0 Å². The Morgan fingerprint density at radius 2 is 1.59 bits per heavy atom. The van der Waals surface area contributed by atoms with Crippen molar-refractivity contribution in [1.29, 1.82) is 0 Å². The van der Waals surface area contributed by atoms with Gasteiger partial charge < -0.3 is 11.5 Å². The fraction of sp³-hybridized carbons (Fsp3) is 1.00. The summed E-state index contributed by atoms with van der Waals surface area (Å²) in [7, 11) is 0. The highest BCUT2D eigenvalue weighted by atomic mass is 14.8. The Bertz CT molecular complexity index is 245. The van der Waals surface area contributed by atoms with Crippen molar-refractivity contribution >= 4 is 0 Å². The van der Waals surface area contributed by atoms with Crippen LogP contribution in [-0.2, 0) is 0 Å². The molecule has 2 saturated carbocycles. The molecule has 2 aliphatic carbocycles. The second kappa shape index (κ2) is 5.27. The highest BCUT2D eigenvalue weighted by Crippen LogP contribution is 2.40. The second-order valence-electron chi connectivity index (χ2n) is 6.83. The predicted octanol–water partition coefficient (Wildman–Crippen LogP) is 3.34. The summed E-state index contributed by atoms with van der Waals surface area (Å²) in [6.07, 6.45) is 13.8. The third-order valence-electron chi connectivity index (χ3n) is 5.11. The van der Waals surface area contributed by atoms with Crippen LogP contribution >= 0.6 is 0 Å². The summed E-state index contributed by atoms with van der Waals surface area (Å²) < 4.78 is 0. The van der Waals surface area contributed by atoms with Crippen LogP contribution in [0.2, 0.25) is 0 Å². The zero-order valence-electron chi connectivity index (χ0n) is 11.5. The largest absolute Gasteiger partial charge is 0.325 e. The third kappa shape index (κ3) is 3.45. The smallest absolute Gasteiger partial charge is 0.0174 e. The van der Waals surface area contributed by atoms with Crippen molar-refractivity contribution in [2.24, 2.45) is 17.4 Å². The van der Waals surface area contributed by atoms with Gasteiger partial charge in [-0.05, 0) is 38.0 Å². The van der Waals surface area contributed by atoms with Crippen molar-refractivity contribution in [2.45, 2.75) is 88.6 Å². The van der Waals surface area contributed by atoms with E-state index < -0.39 is 0 Å². The van der Waals surface area contributed by atoms with Crippen LogP contribution in [0.1, 0.15) is 77.6 Å². The summed E-state index contributed by atoms with van der Waals surface area (Å²) in [4.78, 5) is 0. The Hall–Kier alpha value is -0.0800. The molecule has 0 saturated heterocycles. The number of hydrogen-bond donors (Lipinski definition) is 2. The van der Waals surface area contributed by atoms with Gasteiger partial charge in [0.15, 0.2) is 0 Å². The molecule has 0 aromatic heterocycles. The molecule has 0 aliphatic heterocycles. The van der Waals surface area contributed by atoms with Crippen molar-refractivity contribution in [3.63, 3.8) is 0 Å². The number of hydrogen-bond acceptors (Lipinski definition) is 2. The summed E-state index contributed by atoms with van der Waals surface area (Å²) in [5, 5.41) is 0. The van der Waals surface area contributed by atoms with E-state index in [-0.39, 0.29) is 11.1 Å². The molecular weight excluding hydrogens is 208 g/mol. The first-order valence-corrected chi connectivity index (χ1v) is 7.63. The lowest BCUT2D eigenvalue weighted by Gasteiger charge is -2.45. The summed E-state index contributed by atoms with van der Waals surface area (Å²) in [6, 6.07) is 0. The molecule has 4 N–H and O–H groups in total. The van der Waals surface area contributed by atoms with E-state index in [1.54, 1.807) is 0 Å². The molecule has 17 heavy (non-hydrogen) atoms. The number of rotatable bonds is 3. The average molecular weight is 238 g/mol. The molecule has 0 bridgehead atoms. The highest BCUT2D eigenvalue weighted by molar-refractivity contribution is 5.00. The minimum atomic E-state index is 0.0466. The lowest BCUT2D eigenvalue weighted by molar-refractivity contribution is 0.147. The molecule has 0 heterocycles. The van der Waals surface area contributed by atoms with E-state index in [4.69, 9.17) is 11.5 Å². The van der Waals surface area contributed by atoms with E-state index in [1.807, 2.05) is 0 Å². The molecule has 2 unspecified atom stereocenters. The minimum Gasteiger partial charge on any atom is -0.325 e. The molecule has 2 fully saturated rings. The standard InChI is InChI=1S/C15H30N2/c1-2-13-7-6-10-15(17,11-13)12-14(16)8-4-3-5-9-14/h13H,2-12,16-17H2,1H3. The van der Waals surface area contributed by atoms with Gasteiger partial charge in [0.1, 0.15) is 0 Å². The van der Waals surface area contributed by atoms with Crippen LogP contribution in [0.3, 0.4) is 0 Å². The van der Waals surface area contributed by atoms with Crippen molar-refractivity contribution < 1.29 is 0 Å². The van der Waals surface area contributed by atoms with Gasteiger partial charge >= 0.3 is 0 Å². The maximum atomic E-state index is 6.66. The molecule has 0 aromatic carbocycles. The van der Waals surface area contributed by atoms with Crippen LogP contribution in [0.15, 0.2) is 0 Å². The minimum absolute atomic E-state index is 0.0466. The van der Waals surface area contributed by atoms with Gasteiger partial charge in [-0.3, -0.25) is 0 Å². The van der Waals surface area contributed by atoms with Gasteiger partial charge in [-0.15, -0.1) is 0 Å². The Morgan fingerprint density at radius 3 is 2.24 bits per heavy atom. The zero-order valence-corrected chi connectivity index (χ0v) is 11.5. The van der Waals surface area contributed by atoms with Gasteiger partial charge in [-0.25, -0.2) is 0 Å². The third-order valence-corrected chi connectivity index (χ3v) is 5.11. The van der Waals surface area contributed by atoms with Crippen molar-refractivity contribution in [3.8, 4) is 0 Å². The Labute approximate surface area is 107 Å². The van der Waals surface area contributed by atoms with Gasteiger partial charge in [-0.2, -0.15) is 0 Å². The Kier molecular flexibility index (Phi) is 4.14. The highest BCUT2D eigenvalue weighted by Gasteiger charge is 2.39. The van der Waals surface area contributed by atoms with Gasteiger partial charge in [0.25, 0.3) is 0 Å². The Balaban J connectivity index is 1.95. The molecule has 2 atom stereocenters. The van der Waals surface area contributed by atoms with E-state index in [2.05, 4.69) is 6.92 Å². The molecule has 2 heteroatoms. The molecule has 0 aromatic rings. The zero-order chi connectivity index (χ0) is 12.4. The van der Waals surface area contributed by atoms with Gasteiger partial charge in [-0.1, -0.05) is 45.4 Å². The molecule has 2 nitrogen and oxygen atoms in total. The number of nitrogens with two attached hydrogens (primary N) is 2. The topological polar surface area (TPSA) is 52.0 Å². The molecule has 100 valence electrons. The fourth-order valence-electron chi connectivity index (χ4n) is 4.16. The fourth-order valence-corrected chi connectivity index (χ4v) is 4.16. The summed E-state index contributed by atoms with van der Waals surface area (Å²) in [6.45, 7) is 2.30. The molecule has 0 amide bonds. The monoisotopic (exact) mass is 238 g/mol. The van der Waals surface area contributed by atoms with Crippen LogP contribution in [0, 0.1) is 5.92 Å². The maximum absolute atomic E-state index is 6.66. The van der Waals surface area contributed by atoms with Crippen molar-refractivity contribution in [3.05, 3.63) is 0 Å². The Morgan fingerprint density at radius 1 is 0.941 bits per heavy atom. The van der Waals surface area contributed by atoms with E-state index in [0.29, 0.717) is 0 Å². The van der Waals surface area contributed by atoms with Crippen molar-refractivity contribution in [1.82, 2.24) is 0 Å². The normalized spacial score (nSPS) is 37.9. The van der Waals surface area contributed by atoms with E-state index in [0.717, 1.165) is 12.3 Å². The maximum Gasteiger partial charge on any atom is 0.0174 e. The van der Waals surface area contributed by atoms with Gasteiger partial charge in [0, 0.05) is 11.1 Å². The van der Waals surface area contributed by atoms with E-state index in [1.165, 1.54) is 64.2 Å². The van der Waals surface area contributed by atoms with Gasteiger partial charge in [0.2, 0.25) is 0 Å². The molecule has 2 aliphatic rings. The molecule has 2 rings (SSSR count). The first-order valence-electron chi connectivity index (χ1n) is 7.63. The second-order valence-corrected chi connectivity index (χ2v) is 6.83. The lowest BCUT2D eigenvalue weighted by Crippen LogP contribution is -2.54. The van der Waals surface area contributed by atoms with Crippen LogP contribution in [-0.4, -0.2) is 11.1 Å². The quantitative estimate of drug-likeness (QED) is 0.792. The van der Waals surface area contributed by atoms with Crippen molar-refractivity contribution in [2.75, 3.05) is 0 Å². The first kappa shape index (κ1) is 13.4. The molecule has 0 radical (unpaired) electrons. The lowest BCUT2D eigenvalue weighted by atomic mass is 9.67. The predicted molar refractivity (Wildman–Crippen MR) is 73.8 cm³/mol. The summed E-state index contributed by atoms with van der Waals surface area (Å²) in [5.41, 5.74) is 13.3. The first-order chi connectivity index (χ1) is 8.05. The molecular formula is C15H30N2. The molecule has 0 spiro atoms. The van der Waals surface area contributed by atoms with Crippen LogP contribution < -0.4 is 11.5 Å². The van der Waals surface area contributed by atoms with Gasteiger partial charge in [0.05, 0.1) is 0 Å².